The second-order valence-electron chi connectivity index (χ2n) is 4.64. The van der Waals surface area contributed by atoms with Crippen LogP contribution >= 0.6 is 0 Å². The van der Waals surface area contributed by atoms with Crippen LogP contribution in [0.1, 0.15) is 43.5 Å². The first kappa shape index (κ1) is 11.4. The van der Waals surface area contributed by atoms with Gasteiger partial charge in [0.25, 0.3) is 0 Å². The fourth-order valence-corrected chi connectivity index (χ4v) is 2.13. The molecule has 1 aliphatic carbocycles. The second kappa shape index (κ2) is 4.83. The molecule has 3 nitrogen and oxygen atoms in total. The third kappa shape index (κ3) is 2.35. The molecule has 0 saturated carbocycles. The lowest BCUT2D eigenvalue weighted by atomic mass is 9.95. The summed E-state index contributed by atoms with van der Waals surface area (Å²) in [5.74, 6) is 0.734. The Hall–Kier alpha value is -1.09. The van der Waals surface area contributed by atoms with Crippen LogP contribution in [0, 0.1) is 0 Å². The maximum atomic E-state index is 5.74. The maximum absolute atomic E-state index is 5.74. The molecule has 0 aliphatic heterocycles. The molecule has 0 unspecified atom stereocenters. The first-order chi connectivity index (χ1) is 7.70. The zero-order valence-electron chi connectivity index (χ0n) is 10.1. The van der Waals surface area contributed by atoms with Crippen molar-refractivity contribution in [2.45, 2.75) is 52.2 Å². The van der Waals surface area contributed by atoms with Gasteiger partial charge < -0.3 is 10.5 Å². The van der Waals surface area contributed by atoms with Gasteiger partial charge in [-0.15, -0.1) is 0 Å². The Morgan fingerprint density at radius 2 is 2.12 bits per heavy atom. The number of pyridine rings is 1. The summed E-state index contributed by atoms with van der Waals surface area (Å²) >= 11 is 0. The van der Waals surface area contributed by atoms with Gasteiger partial charge >= 0.3 is 0 Å². The Morgan fingerprint density at radius 3 is 2.81 bits per heavy atom. The highest BCUT2D eigenvalue weighted by atomic mass is 16.5. The number of fused-ring (bicyclic) bond motifs is 1. The first-order valence-electron chi connectivity index (χ1n) is 6.09. The Bertz CT molecular complexity index is 374. The number of nitrogens with zero attached hydrogens (tertiary/aromatic N) is 1. The molecule has 0 atom stereocenters. The van der Waals surface area contributed by atoms with Gasteiger partial charge in [-0.05, 0) is 51.2 Å². The molecule has 2 rings (SSSR count). The standard InChI is InChI=1S/C13H20N2O/c1-9(2)16-13-11(8-14)7-10-5-3-4-6-12(10)15-13/h7,9H,3-6,8,14H2,1-2H3. The van der Waals surface area contributed by atoms with Gasteiger partial charge in [0.15, 0.2) is 0 Å². The van der Waals surface area contributed by atoms with Crippen LogP contribution in [0.5, 0.6) is 5.88 Å². The SMILES string of the molecule is CC(C)Oc1nc2c(cc1CN)CCCC2. The minimum atomic E-state index is 0.152. The van der Waals surface area contributed by atoms with Crippen molar-refractivity contribution in [1.82, 2.24) is 4.98 Å². The van der Waals surface area contributed by atoms with Crippen LogP contribution in [0.3, 0.4) is 0 Å². The Labute approximate surface area is 97.0 Å². The molecule has 0 radical (unpaired) electrons. The van der Waals surface area contributed by atoms with E-state index in [1.807, 2.05) is 13.8 Å². The van der Waals surface area contributed by atoms with Crippen LogP contribution in [0.15, 0.2) is 6.07 Å². The van der Waals surface area contributed by atoms with E-state index in [0.717, 1.165) is 24.3 Å². The summed E-state index contributed by atoms with van der Waals surface area (Å²) in [6, 6.07) is 2.18. The Balaban J connectivity index is 2.35. The van der Waals surface area contributed by atoms with Gasteiger partial charge in [-0.1, -0.05) is 0 Å². The second-order valence-corrected chi connectivity index (χ2v) is 4.64. The van der Waals surface area contributed by atoms with Crippen molar-refractivity contribution in [3.05, 3.63) is 22.9 Å². The minimum absolute atomic E-state index is 0.152. The Morgan fingerprint density at radius 1 is 1.38 bits per heavy atom. The van der Waals surface area contributed by atoms with Crippen LogP contribution < -0.4 is 10.5 Å². The number of aryl methyl sites for hydroxylation is 2. The highest BCUT2D eigenvalue weighted by Gasteiger charge is 2.15. The van der Waals surface area contributed by atoms with E-state index in [9.17, 15) is 0 Å². The molecule has 0 amide bonds. The molecule has 0 saturated heterocycles. The summed E-state index contributed by atoms with van der Waals surface area (Å²) in [4.78, 5) is 4.62. The highest BCUT2D eigenvalue weighted by Crippen LogP contribution is 2.26. The first-order valence-corrected chi connectivity index (χ1v) is 6.09. The zero-order chi connectivity index (χ0) is 11.5. The third-order valence-electron chi connectivity index (χ3n) is 2.91. The van der Waals surface area contributed by atoms with Crippen molar-refractivity contribution >= 4 is 0 Å². The summed E-state index contributed by atoms with van der Waals surface area (Å²) < 4.78 is 5.71. The fraction of sp³-hybridized carbons (Fsp3) is 0.615. The number of hydrogen-bond donors (Lipinski definition) is 1. The molecule has 3 heteroatoms. The van der Waals surface area contributed by atoms with Gasteiger partial charge in [0.05, 0.1) is 6.10 Å². The zero-order valence-corrected chi connectivity index (χ0v) is 10.1. The molecule has 0 aromatic carbocycles. The van der Waals surface area contributed by atoms with Crippen LogP contribution in [-0.4, -0.2) is 11.1 Å². The third-order valence-corrected chi connectivity index (χ3v) is 2.91. The molecule has 2 N–H and O–H groups in total. The van der Waals surface area contributed by atoms with Gasteiger partial charge in [0.2, 0.25) is 5.88 Å². The van der Waals surface area contributed by atoms with E-state index in [1.165, 1.54) is 24.1 Å². The number of aromatic nitrogens is 1. The quantitative estimate of drug-likeness (QED) is 0.849. The van der Waals surface area contributed by atoms with E-state index in [1.54, 1.807) is 0 Å². The van der Waals surface area contributed by atoms with E-state index in [4.69, 9.17) is 10.5 Å². The molecule has 16 heavy (non-hydrogen) atoms. The normalized spacial score (nSPS) is 15.0. The summed E-state index contributed by atoms with van der Waals surface area (Å²) in [6.07, 6.45) is 4.87. The maximum Gasteiger partial charge on any atom is 0.218 e. The van der Waals surface area contributed by atoms with Crippen LogP contribution in [0.4, 0.5) is 0 Å². The van der Waals surface area contributed by atoms with E-state index in [-0.39, 0.29) is 6.10 Å². The van der Waals surface area contributed by atoms with Gasteiger partial charge in [-0.3, -0.25) is 0 Å². The molecular weight excluding hydrogens is 200 g/mol. The predicted octanol–water partition coefficient (Wildman–Crippen LogP) is 2.21. The van der Waals surface area contributed by atoms with Gasteiger partial charge in [-0.25, -0.2) is 4.98 Å². The van der Waals surface area contributed by atoms with Crippen molar-refractivity contribution in [2.24, 2.45) is 5.73 Å². The lowest BCUT2D eigenvalue weighted by Gasteiger charge is -2.19. The van der Waals surface area contributed by atoms with E-state index in [2.05, 4.69) is 11.1 Å². The average molecular weight is 220 g/mol. The molecule has 1 aliphatic rings. The topological polar surface area (TPSA) is 48.1 Å². The van der Waals surface area contributed by atoms with E-state index in [0.29, 0.717) is 6.54 Å². The summed E-state index contributed by atoms with van der Waals surface area (Å²) in [5, 5.41) is 0. The molecule has 1 aromatic rings. The fourth-order valence-electron chi connectivity index (χ4n) is 2.13. The van der Waals surface area contributed by atoms with Crippen LogP contribution in [0.25, 0.3) is 0 Å². The van der Waals surface area contributed by atoms with Crippen molar-refractivity contribution < 1.29 is 4.74 Å². The van der Waals surface area contributed by atoms with Crippen molar-refractivity contribution in [2.75, 3.05) is 0 Å². The molecule has 0 fully saturated rings. The molecule has 1 aromatic heterocycles. The summed E-state index contributed by atoms with van der Waals surface area (Å²) in [6.45, 7) is 4.53. The Kier molecular flexibility index (Phi) is 3.44. The van der Waals surface area contributed by atoms with E-state index >= 15 is 0 Å². The number of nitrogens with two attached hydrogens (primary N) is 1. The lowest BCUT2D eigenvalue weighted by Crippen LogP contribution is -2.14. The monoisotopic (exact) mass is 220 g/mol. The molecular formula is C13H20N2O. The summed E-state index contributed by atoms with van der Waals surface area (Å²) in [7, 11) is 0. The predicted molar refractivity (Wildman–Crippen MR) is 64.5 cm³/mol. The average Bonchev–Trinajstić information content (AvgIpc) is 2.27. The number of rotatable bonds is 3. The van der Waals surface area contributed by atoms with Crippen molar-refractivity contribution in [1.29, 1.82) is 0 Å². The van der Waals surface area contributed by atoms with Crippen molar-refractivity contribution in [3.63, 3.8) is 0 Å². The smallest absolute Gasteiger partial charge is 0.218 e. The molecule has 1 heterocycles. The van der Waals surface area contributed by atoms with Crippen LogP contribution in [-0.2, 0) is 19.4 Å². The molecule has 0 bridgehead atoms. The van der Waals surface area contributed by atoms with E-state index < -0.39 is 0 Å². The molecule has 0 spiro atoms. The summed E-state index contributed by atoms with van der Waals surface area (Å²) in [5.41, 5.74) is 9.35. The van der Waals surface area contributed by atoms with Gasteiger partial charge in [0.1, 0.15) is 0 Å². The number of ether oxygens (including phenoxy) is 1. The lowest BCUT2D eigenvalue weighted by molar-refractivity contribution is 0.229. The minimum Gasteiger partial charge on any atom is -0.475 e. The van der Waals surface area contributed by atoms with Crippen molar-refractivity contribution in [3.8, 4) is 5.88 Å². The largest absolute Gasteiger partial charge is 0.475 e. The highest BCUT2D eigenvalue weighted by molar-refractivity contribution is 5.35. The van der Waals surface area contributed by atoms with Crippen LogP contribution in [0.2, 0.25) is 0 Å². The van der Waals surface area contributed by atoms with Gasteiger partial charge in [0, 0.05) is 17.8 Å². The molecule has 88 valence electrons. The number of hydrogen-bond acceptors (Lipinski definition) is 3. The van der Waals surface area contributed by atoms with Gasteiger partial charge in [-0.2, -0.15) is 0 Å².